The molecule has 0 saturated heterocycles. The summed E-state index contributed by atoms with van der Waals surface area (Å²) in [6.45, 7) is -0.956. The Kier molecular flexibility index (Phi) is 19.5. The molecular formula is C35H48N10O15. The summed E-state index contributed by atoms with van der Waals surface area (Å²) in [5.41, 5.74) is 7.70. The Labute approximate surface area is 340 Å². The van der Waals surface area contributed by atoms with Crippen LogP contribution in [0, 0.1) is 0 Å². The summed E-state index contributed by atoms with van der Waals surface area (Å²) in [6.07, 6.45) is -0.102. The molecule has 1 aromatic carbocycles. The number of para-hydroxylation sites is 1. The maximum absolute atomic E-state index is 12.9. The number of amides is 8. The van der Waals surface area contributed by atoms with Gasteiger partial charge in [0, 0.05) is 23.5 Å². The van der Waals surface area contributed by atoms with Crippen molar-refractivity contribution in [2.45, 2.75) is 75.8 Å². The summed E-state index contributed by atoms with van der Waals surface area (Å²) in [5.74, 6) is -12.2. The molecule has 1 aromatic heterocycles. The van der Waals surface area contributed by atoms with Gasteiger partial charge in [-0.05, 0) is 38.3 Å². The van der Waals surface area contributed by atoms with Gasteiger partial charge < -0.3 is 73.7 Å². The van der Waals surface area contributed by atoms with Crippen molar-refractivity contribution in [3.05, 3.63) is 36.0 Å². The van der Waals surface area contributed by atoms with Crippen molar-refractivity contribution < 1.29 is 73.2 Å². The van der Waals surface area contributed by atoms with E-state index in [0.717, 1.165) is 23.4 Å². The minimum atomic E-state index is -1.81. The van der Waals surface area contributed by atoms with Gasteiger partial charge in [0.15, 0.2) is 0 Å². The largest absolute Gasteiger partial charge is 0.481 e. The Hall–Kier alpha value is -7.15. The number of carbonyl (C=O) groups excluding carboxylic acids is 8. The van der Waals surface area contributed by atoms with E-state index in [4.69, 9.17) is 15.9 Å². The number of hydrogen-bond donors (Lipinski definition) is 14. The predicted molar refractivity (Wildman–Crippen MR) is 204 cm³/mol. The topological polar surface area (TPSA) is 407 Å². The van der Waals surface area contributed by atoms with Crippen molar-refractivity contribution in [1.29, 1.82) is 0 Å². The number of carbonyl (C=O) groups is 11. The van der Waals surface area contributed by atoms with E-state index in [9.17, 15) is 63.0 Å². The first kappa shape index (κ1) is 49.0. The number of nitrogens with two attached hydrogens (primary N) is 1. The van der Waals surface area contributed by atoms with Gasteiger partial charge in [0.2, 0.25) is 47.3 Å². The standard InChI is InChI=1S/C35H48N10O15/c1-16(41-31(54)20(36)9-18-11-37-21-6-4-3-5-19(18)21)30(53)39-12-26(48)38-13-27(49)44-23(33(56)42-17(2)34(57)58)10-25(47)45-24(15-46)32(55)40-14-28(50)43-22(35(59)60)7-8-29(51)52/h3-6,11,16-17,20,22-24,37,46H,7-10,12-15,36H2,1-2H3,(H,38,48)(H,39,53)(H,40,55)(H,41,54)(H,42,56)(H,43,50)(H,44,49)(H,45,47)(H,51,52)(H,57,58)(H,59,60)/t16-,17-,20+,22-,23-,24-/m0/s1. The van der Waals surface area contributed by atoms with Gasteiger partial charge in [-0.15, -0.1) is 0 Å². The third kappa shape index (κ3) is 16.8. The van der Waals surface area contributed by atoms with E-state index < -0.39 is 147 Å². The van der Waals surface area contributed by atoms with Gasteiger partial charge >= 0.3 is 17.9 Å². The number of fused-ring (bicyclic) bond motifs is 1. The van der Waals surface area contributed by atoms with E-state index in [1.807, 2.05) is 40.2 Å². The predicted octanol–water partition coefficient (Wildman–Crippen LogP) is -5.73. The van der Waals surface area contributed by atoms with E-state index in [1.54, 1.807) is 6.20 Å². The van der Waals surface area contributed by atoms with E-state index in [0.29, 0.717) is 0 Å². The molecule has 0 saturated carbocycles. The first-order chi connectivity index (χ1) is 28.2. The Morgan fingerprint density at radius 2 is 1.20 bits per heavy atom. The molecule has 0 aliphatic rings. The van der Waals surface area contributed by atoms with Crippen LogP contribution >= 0.6 is 0 Å². The van der Waals surface area contributed by atoms with Crippen LogP contribution in [0.3, 0.4) is 0 Å². The third-order valence-electron chi connectivity index (χ3n) is 8.38. The molecule has 6 atom stereocenters. The maximum Gasteiger partial charge on any atom is 0.326 e. The molecule has 0 bridgehead atoms. The average Bonchev–Trinajstić information content (AvgIpc) is 3.60. The van der Waals surface area contributed by atoms with E-state index >= 15 is 0 Å². The summed E-state index contributed by atoms with van der Waals surface area (Å²) in [7, 11) is 0. The Balaban J connectivity index is 1.90. The highest BCUT2D eigenvalue weighted by Crippen LogP contribution is 2.18. The molecule has 0 fully saturated rings. The smallest absolute Gasteiger partial charge is 0.326 e. The highest BCUT2D eigenvalue weighted by atomic mass is 16.4. The van der Waals surface area contributed by atoms with Gasteiger partial charge in [0.1, 0.15) is 30.2 Å². The highest BCUT2D eigenvalue weighted by Gasteiger charge is 2.30. The summed E-state index contributed by atoms with van der Waals surface area (Å²) < 4.78 is 0. The fraction of sp³-hybridized carbons (Fsp3) is 0.457. The van der Waals surface area contributed by atoms with Crippen LogP contribution < -0.4 is 48.3 Å². The third-order valence-corrected chi connectivity index (χ3v) is 8.38. The lowest BCUT2D eigenvalue weighted by Gasteiger charge is -2.22. The zero-order valence-electron chi connectivity index (χ0n) is 32.4. The SMILES string of the molecule is C[C@H](NC(=O)[C@H](CC(=O)N[C@@H](CO)C(=O)NCC(=O)N[C@@H](CCC(=O)O)C(=O)O)NC(=O)CNC(=O)CNC(=O)[C@H](C)NC(=O)[C@H](N)Cc1c[nH]c2ccccc12)C(=O)O. The maximum atomic E-state index is 12.9. The van der Waals surface area contributed by atoms with Crippen LogP contribution in [0.15, 0.2) is 30.5 Å². The summed E-state index contributed by atoms with van der Waals surface area (Å²) in [4.78, 5) is 137. The number of carboxylic acids is 3. The van der Waals surface area contributed by atoms with Gasteiger partial charge in [-0.1, -0.05) is 18.2 Å². The van der Waals surface area contributed by atoms with E-state index in [2.05, 4.69) is 31.6 Å². The molecule has 328 valence electrons. The first-order valence-corrected chi connectivity index (χ1v) is 18.1. The van der Waals surface area contributed by atoms with Crippen LogP contribution in [0.5, 0.6) is 0 Å². The minimum absolute atomic E-state index is 0.169. The second-order valence-corrected chi connectivity index (χ2v) is 13.2. The number of aromatic amines is 1. The number of nitrogens with one attached hydrogen (secondary N) is 9. The van der Waals surface area contributed by atoms with Crippen LogP contribution in [-0.2, 0) is 59.2 Å². The molecule has 0 aliphatic carbocycles. The van der Waals surface area contributed by atoms with Crippen LogP contribution in [-0.4, -0.2) is 153 Å². The fourth-order valence-electron chi connectivity index (χ4n) is 5.10. The monoisotopic (exact) mass is 848 g/mol. The first-order valence-electron chi connectivity index (χ1n) is 18.1. The second-order valence-electron chi connectivity index (χ2n) is 13.2. The van der Waals surface area contributed by atoms with Gasteiger partial charge in [-0.2, -0.15) is 0 Å². The molecule has 0 aliphatic heterocycles. The molecule has 25 nitrogen and oxygen atoms in total. The average molecular weight is 849 g/mol. The molecule has 1 heterocycles. The molecule has 2 rings (SSSR count). The van der Waals surface area contributed by atoms with E-state index in [-0.39, 0.29) is 6.42 Å². The number of aliphatic hydroxyl groups excluding tert-OH is 1. The Morgan fingerprint density at radius 3 is 1.82 bits per heavy atom. The highest BCUT2D eigenvalue weighted by molar-refractivity contribution is 5.97. The van der Waals surface area contributed by atoms with Crippen molar-refractivity contribution in [3.63, 3.8) is 0 Å². The number of H-pyrrole nitrogens is 1. The molecule has 0 spiro atoms. The molecule has 2 aromatic rings. The van der Waals surface area contributed by atoms with Crippen molar-refractivity contribution >= 4 is 76.1 Å². The van der Waals surface area contributed by atoms with Crippen molar-refractivity contribution in [2.24, 2.45) is 5.73 Å². The molecule has 0 radical (unpaired) electrons. The fourth-order valence-corrected chi connectivity index (χ4v) is 5.10. The van der Waals surface area contributed by atoms with Crippen molar-refractivity contribution in [2.75, 3.05) is 26.2 Å². The van der Waals surface area contributed by atoms with Crippen LogP contribution in [0.25, 0.3) is 10.9 Å². The number of aliphatic hydroxyl groups is 1. The van der Waals surface area contributed by atoms with Crippen LogP contribution in [0.2, 0.25) is 0 Å². The number of benzene rings is 1. The van der Waals surface area contributed by atoms with Gasteiger partial charge in [0.25, 0.3) is 0 Å². The lowest BCUT2D eigenvalue weighted by molar-refractivity contribution is -0.143. The number of carboxylic acid groups (broad SMARTS) is 3. The number of aliphatic carboxylic acids is 3. The molecule has 15 N–H and O–H groups in total. The summed E-state index contributed by atoms with van der Waals surface area (Å²) in [5, 5.41) is 54.8. The van der Waals surface area contributed by atoms with Gasteiger partial charge in [-0.3, -0.25) is 47.9 Å². The second kappa shape index (κ2) is 23.9. The lowest BCUT2D eigenvalue weighted by Crippen LogP contribution is -2.56. The Bertz CT molecular complexity index is 1940. The molecule has 25 heteroatoms. The van der Waals surface area contributed by atoms with Gasteiger partial charge in [0.05, 0.1) is 38.7 Å². The Morgan fingerprint density at radius 1 is 0.633 bits per heavy atom. The summed E-state index contributed by atoms with van der Waals surface area (Å²) in [6, 6.07) is -1.39. The van der Waals surface area contributed by atoms with Crippen LogP contribution in [0.4, 0.5) is 0 Å². The molecule has 0 unspecified atom stereocenters. The lowest BCUT2D eigenvalue weighted by atomic mass is 10.0. The molecule has 8 amide bonds. The molecule has 60 heavy (non-hydrogen) atoms. The van der Waals surface area contributed by atoms with Crippen molar-refractivity contribution in [3.8, 4) is 0 Å². The summed E-state index contributed by atoms with van der Waals surface area (Å²) >= 11 is 0. The number of aromatic nitrogens is 1. The van der Waals surface area contributed by atoms with Gasteiger partial charge in [-0.25, -0.2) is 4.79 Å². The quantitative estimate of drug-likeness (QED) is 0.0443. The zero-order valence-corrected chi connectivity index (χ0v) is 32.4. The number of rotatable bonds is 25. The zero-order chi connectivity index (χ0) is 45.1. The van der Waals surface area contributed by atoms with E-state index in [1.165, 1.54) is 6.92 Å². The van der Waals surface area contributed by atoms with Crippen molar-refractivity contribution in [1.82, 2.24) is 47.5 Å². The van der Waals surface area contributed by atoms with Crippen LogP contribution in [0.1, 0.15) is 38.7 Å². The molecular weight excluding hydrogens is 800 g/mol. The normalized spacial score (nSPS) is 13.7. The minimum Gasteiger partial charge on any atom is -0.481 e. The number of hydrogen-bond acceptors (Lipinski definition) is 13.